The van der Waals surface area contributed by atoms with Crippen LogP contribution in [0.3, 0.4) is 0 Å². The second kappa shape index (κ2) is 8.11. The number of fused-ring (bicyclic) bond motifs is 1. The van der Waals surface area contributed by atoms with Crippen LogP contribution >= 0.6 is 0 Å². The molecule has 0 saturated heterocycles. The summed E-state index contributed by atoms with van der Waals surface area (Å²) in [6.45, 7) is 11.1. The van der Waals surface area contributed by atoms with Crippen LogP contribution in [-0.4, -0.2) is 46.0 Å². The molecule has 1 aromatic rings. The van der Waals surface area contributed by atoms with Gasteiger partial charge >= 0.3 is 0 Å². The first kappa shape index (κ1) is 19.2. The van der Waals surface area contributed by atoms with Crippen molar-refractivity contribution in [1.29, 1.82) is 0 Å². The second-order valence-electron chi connectivity index (χ2n) is 7.16. The molecule has 2 fully saturated rings. The monoisotopic (exact) mass is 309 g/mol. The number of hydrogen-bond acceptors (Lipinski definition) is 3. The maximum Gasteiger partial charge on any atom is 0.0779 e. The molecular weight excluding hydrogens is 274 g/mol. The Balaban J connectivity index is 0.000000202. The summed E-state index contributed by atoms with van der Waals surface area (Å²) in [5.41, 5.74) is 0.751. The van der Waals surface area contributed by atoms with Crippen molar-refractivity contribution < 1.29 is 5.11 Å². The highest BCUT2D eigenvalue weighted by Gasteiger charge is 2.52. The minimum atomic E-state index is -0.336. The third kappa shape index (κ3) is 5.73. The number of likely N-dealkylation sites (N-methyl/N-ethyl adjacent to an activating group) is 1. The van der Waals surface area contributed by atoms with E-state index in [1.54, 1.807) is 0 Å². The second-order valence-corrected chi connectivity index (χ2v) is 7.16. The van der Waals surface area contributed by atoms with Gasteiger partial charge in [0.15, 0.2) is 0 Å². The molecule has 2 aliphatic rings. The lowest BCUT2D eigenvalue weighted by atomic mass is 9.97. The first-order valence-electron chi connectivity index (χ1n) is 8.68. The molecule has 2 saturated carbocycles. The molecule has 0 aliphatic heterocycles. The molecular formula is C18H35N3O. The van der Waals surface area contributed by atoms with Gasteiger partial charge < -0.3 is 10.0 Å². The average Bonchev–Trinajstić information content (AvgIpc) is 2.85. The van der Waals surface area contributed by atoms with E-state index >= 15 is 0 Å². The fraction of sp³-hybridized carbons (Fsp3) is 0.833. The van der Waals surface area contributed by atoms with E-state index in [9.17, 15) is 5.11 Å². The van der Waals surface area contributed by atoms with Gasteiger partial charge in [-0.1, -0.05) is 13.8 Å². The summed E-state index contributed by atoms with van der Waals surface area (Å²) in [5.74, 6) is 1.75. The van der Waals surface area contributed by atoms with Crippen LogP contribution in [0.5, 0.6) is 0 Å². The summed E-state index contributed by atoms with van der Waals surface area (Å²) >= 11 is 0. The molecule has 0 aromatic carbocycles. The minimum Gasteiger partial charge on any atom is -0.389 e. The normalized spacial score (nSPS) is 28.6. The number of rotatable bonds is 3. The summed E-state index contributed by atoms with van der Waals surface area (Å²) in [6.07, 6.45) is 5.49. The summed E-state index contributed by atoms with van der Waals surface area (Å²) in [4.78, 5) is 2.09. The molecule has 1 N–H and O–H groups in total. The SMILES string of the molecule is CC.CN(C)CC1(O)CC2CC2C1.Cc1ccn(C(C)C)n1. The van der Waals surface area contributed by atoms with Gasteiger partial charge in [0, 0.05) is 18.8 Å². The Bertz CT molecular complexity index is 429. The van der Waals surface area contributed by atoms with Crippen molar-refractivity contribution in [3.05, 3.63) is 18.0 Å². The zero-order chi connectivity index (χ0) is 16.9. The highest BCUT2D eigenvalue weighted by Crippen LogP contribution is 2.55. The first-order chi connectivity index (χ1) is 10.3. The topological polar surface area (TPSA) is 41.3 Å². The van der Waals surface area contributed by atoms with Crippen molar-refractivity contribution in [3.63, 3.8) is 0 Å². The lowest BCUT2D eigenvalue weighted by Crippen LogP contribution is -2.38. The molecule has 2 atom stereocenters. The van der Waals surface area contributed by atoms with Crippen LogP contribution in [0.15, 0.2) is 12.3 Å². The molecule has 22 heavy (non-hydrogen) atoms. The van der Waals surface area contributed by atoms with Gasteiger partial charge in [0.05, 0.1) is 11.3 Å². The van der Waals surface area contributed by atoms with Crippen molar-refractivity contribution in [3.8, 4) is 0 Å². The average molecular weight is 309 g/mol. The van der Waals surface area contributed by atoms with E-state index in [2.05, 4.69) is 23.8 Å². The fourth-order valence-corrected chi connectivity index (χ4v) is 3.31. The van der Waals surface area contributed by atoms with Crippen LogP contribution < -0.4 is 0 Å². The Hall–Kier alpha value is -0.870. The van der Waals surface area contributed by atoms with E-state index in [1.165, 1.54) is 6.42 Å². The van der Waals surface area contributed by atoms with Gasteiger partial charge in [-0.05, 0) is 72.0 Å². The lowest BCUT2D eigenvalue weighted by Gasteiger charge is -2.27. The van der Waals surface area contributed by atoms with E-state index in [4.69, 9.17) is 0 Å². The number of aromatic nitrogens is 2. The van der Waals surface area contributed by atoms with Gasteiger partial charge in [0.2, 0.25) is 0 Å². The van der Waals surface area contributed by atoms with E-state index in [-0.39, 0.29) is 5.60 Å². The fourth-order valence-electron chi connectivity index (χ4n) is 3.31. The summed E-state index contributed by atoms with van der Waals surface area (Å²) < 4.78 is 1.95. The lowest BCUT2D eigenvalue weighted by molar-refractivity contribution is 0.0113. The van der Waals surface area contributed by atoms with Gasteiger partial charge in [0.1, 0.15) is 0 Å². The highest BCUT2D eigenvalue weighted by molar-refractivity contribution is 5.04. The molecule has 1 heterocycles. The Kier molecular flexibility index (Phi) is 7.07. The summed E-state index contributed by atoms with van der Waals surface area (Å²) in [5, 5.41) is 14.2. The maximum atomic E-state index is 10.0. The van der Waals surface area contributed by atoms with Gasteiger partial charge in [-0.2, -0.15) is 5.10 Å². The molecule has 0 radical (unpaired) electrons. The molecule has 2 unspecified atom stereocenters. The number of aliphatic hydroxyl groups is 1. The number of hydrogen-bond donors (Lipinski definition) is 1. The van der Waals surface area contributed by atoms with Crippen LogP contribution in [0.1, 0.15) is 58.7 Å². The van der Waals surface area contributed by atoms with Crippen molar-refractivity contribution in [1.82, 2.24) is 14.7 Å². The predicted octanol–water partition coefficient (Wildman–Crippen LogP) is 3.51. The van der Waals surface area contributed by atoms with Gasteiger partial charge in [-0.25, -0.2) is 0 Å². The van der Waals surface area contributed by atoms with Crippen molar-refractivity contribution >= 4 is 0 Å². The third-order valence-corrected chi connectivity index (χ3v) is 4.23. The van der Waals surface area contributed by atoms with Crippen molar-refractivity contribution in [2.45, 2.75) is 65.5 Å². The molecule has 4 heteroatoms. The summed E-state index contributed by atoms with van der Waals surface area (Å²) in [6, 6.07) is 2.50. The molecule has 128 valence electrons. The molecule has 1 aromatic heterocycles. The van der Waals surface area contributed by atoms with Crippen LogP contribution in [0.4, 0.5) is 0 Å². The van der Waals surface area contributed by atoms with Crippen LogP contribution in [-0.2, 0) is 0 Å². The van der Waals surface area contributed by atoms with Crippen molar-refractivity contribution in [2.75, 3.05) is 20.6 Å². The Morgan fingerprint density at radius 1 is 1.32 bits per heavy atom. The summed E-state index contributed by atoms with van der Waals surface area (Å²) in [7, 11) is 4.06. The van der Waals surface area contributed by atoms with E-state index < -0.39 is 0 Å². The molecule has 0 spiro atoms. The van der Waals surface area contributed by atoms with Crippen molar-refractivity contribution in [2.24, 2.45) is 11.8 Å². The van der Waals surface area contributed by atoms with Gasteiger partial charge in [0.25, 0.3) is 0 Å². The molecule has 2 aliphatic carbocycles. The van der Waals surface area contributed by atoms with Gasteiger partial charge in [-0.15, -0.1) is 0 Å². The van der Waals surface area contributed by atoms with Crippen LogP contribution in [0.25, 0.3) is 0 Å². The van der Waals surface area contributed by atoms with E-state index in [0.29, 0.717) is 6.04 Å². The Morgan fingerprint density at radius 3 is 2.18 bits per heavy atom. The molecule has 0 amide bonds. The number of nitrogens with zero attached hydrogens (tertiary/aromatic N) is 3. The quantitative estimate of drug-likeness (QED) is 0.929. The number of aryl methyl sites for hydroxylation is 1. The van der Waals surface area contributed by atoms with Crippen LogP contribution in [0.2, 0.25) is 0 Å². The molecule has 0 bridgehead atoms. The zero-order valence-corrected chi connectivity index (χ0v) is 15.5. The zero-order valence-electron chi connectivity index (χ0n) is 15.5. The Labute approximate surface area is 136 Å². The highest BCUT2D eigenvalue weighted by atomic mass is 16.3. The third-order valence-electron chi connectivity index (χ3n) is 4.23. The van der Waals surface area contributed by atoms with Crippen LogP contribution in [0, 0.1) is 18.8 Å². The smallest absolute Gasteiger partial charge is 0.0779 e. The maximum absolute atomic E-state index is 10.0. The van der Waals surface area contributed by atoms with E-state index in [0.717, 1.165) is 36.9 Å². The standard InChI is InChI=1S/C9H17NO.C7H12N2.C2H6/c1-10(2)6-9(11)4-7-3-8(7)5-9;1-6(2)9-5-4-7(3)8-9;1-2/h7-8,11H,3-6H2,1-2H3;4-6H,1-3H3;1-2H3. The predicted molar refractivity (Wildman–Crippen MR) is 93.0 cm³/mol. The first-order valence-corrected chi connectivity index (χ1v) is 8.68. The minimum absolute atomic E-state index is 0.336. The Morgan fingerprint density at radius 2 is 1.86 bits per heavy atom. The van der Waals surface area contributed by atoms with Gasteiger partial charge in [-0.3, -0.25) is 4.68 Å². The van der Waals surface area contributed by atoms with E-state index in [1.807, 2.05) is 51.8 Å². The molecule has 3 rings (SSSR count). The largest absolute Gasteiger partial charge is 0.389 e. The molecule has 4 nitrogen and oxygen atoms in total.